The van der Waals surface area contributed by atoms with Gasteiger partial charge >= 0.3 is 5.97 Å². The first-order valence-electron chi connectivity index (χ1n) is 4.11. The predicted molar refractivity (Wildman–Crippen MR) is 56.4 cm³/mol. The van der Waals surface area contributed by atoms with Crippen LogP contribution in [0.2, 0.25) is 0 Å². The van der Waals surface area contributed by atoms with Crippen LogP contribution in [0.5, 0.6) is 0 Å². The molecule has 0 bridgehead atoms. The molecule has 0 unspecified atom stereocenters. The van der Waals surface area contributed by atoms with Crippen molar-refractivity contribution in [3.63, 3.8) is 0 Å². The number of esters is 1. The van der Waals surface area contributed by atoms with E-state index in [-0.39, 0.29) is 11.0 Å². The molecule has 76 valence electrons. The quantitative estimate of drug-likeness (QED) is 0.547. The highest BCUT2D eigenvalue weighted by atomic mass is 32.1. The van der Waals surface area contributed by atoms with Gasteiger partial charge in [-0.2, -0.15) is 0 Å². The normalized spacial score (nSPS) is 12.4. The molecule has 0 aromatic heterocycles. The van der Waals surface area contributed by atoms with Crippen molar-refractivity contribution in [2.45, 2.75) is 40.2 Å². The Labute approximate surface area is 84.6 Å². The van der Waals surface area contributed by atoms with Crippen LogP contribution in [0, 0.1) is 5.41 Å². The summed E-state index contributed by atoms with van der Waals surface area (Å²) < 4.78 is 5.16. The van der Waals surface area contributed by atoms with Crippen molar-refractivity contribution >= 4 is 23.2 Å². The van der Waals surface area contributed by atoms with Gasteiger partial charge in [-0.1, -0.05) is 12.2 Å². The summed E-state index contributed by atoms with van der Waals surface area (Å²) in [6.45, 7) is 8.73. The van der Waals surface area contributed by atoms with Gasteiger partial charge < -0.3 is 10.5 Å². The molecule has 0 atom stereocenters. The lowest BCUT2D eigenvalue weighted by Gasteiger charge is -2.27. The Morgan fingerprint density at radius 3 is 1.85 bits per heavy atom. The molecule has 0 rings (SSSR count). The molecule has 0 aromatic rings. The first-order valence-corrected chi connectivity index (χ1v) is 4.51. The summed E-state index contributed by atoms with van der Waals surface area (Å²) in [5.41, 5.74) is 4.03. The lowest BCUT2D eigenvalue weighted by Crippen LogP contribution is -2.41. The van der Waals surface area contributed by atoms with E-state index in [1.165, 1.54) is 0 Å². The van der Waals surface area contributed by atoms with Crippen molar-refractivity contribution in [1.29, 1.82) is 0 Å². The number of hydrogen-bond donors (Lipinski definition) is 1. The first kappa shape index (κ1) is 12.4. The smallest absolute Gasteiger partial charge is 0.318 e. The molecule has 0 heterocycles. The molecule has 0 amide bonds. The molecule has 0 spiro atoms. The third kappa shape index (κ3) is 3.72. The number of carbonyl (C=O) groups excluding carboxylic acids is 1. The van der Waals surface area contributed by atoms with E-state index in [1.54, 1.807) is 34.6 Å². The van der Waals surface area contributed by atoms with Crippen LogP contribution in [0.1, 0.15) is 34.6 Å². The van der Waals surface area contributed by atoms with Crippen molar-refractivity contribution in [2.24, 2.45) is 11.1 Å². The van der Waals surface area contributed by atoms with Gasteiger partial charge in [0.1, 0.15) is 11.0 Å². The molecule has 4 heteroatoms. The zero-order valence-electron chi connectivity index (χ0n) is 8.80. The van der Waals surface area contributed by atoms with Gasteiger partial charge in [0.2, 0.25) is 0 Å². The van der Waals surface area contributed by atoms with Crippen LogP contribution < -0.4 is 5.73 Å². The third-order valence-electron chi connectivity index (χ3n) is 1.53. The molecule has 0 aromatic carbocycles. The SMILES string of the molecule is CC(C)(C)OC(=O)C(C)(C)C(N)=S. The summed E-state index contributed by atoms with van der Waals surface area (Å²) in [5, 5.41) is 0. The van der Waals surface area contributed by atoms with Crippen LogP contribution in [0.4, 0.5) is 0 Å². The van der Waals surface area contributed by atoms with Crippen LogP contribution >= 0.6 is 12.2 Å². The molecule has 0 saturated heterocycles. The van der Waals surface area contributed by atoms with E-state index in [9.17, 15) is 4.79 Å². The summed E-state index contributed by atoms with van der Waals surface area (Å²) in [7, 11) is 0. The van der Waals surface area contributed by atoms with Crippen molar-refractivity contribution < 1.29 is 9.53 Å². The maximum atomic E-state index is 11.5. The van der Waals surface area contributed by atoms with E-state index in [1.807, 2.05) is 0 Å². The lowest BCUT2D eigenvalue weighted by atomic mass is 9.93. The van der Waals surface area contributed by atoms with Crippen molar-refractivity contribution in [3.8, 4) is 0 Å². The molecule has 0 radical (unpaired) electrons. The summed E-state index contributed by atoms with van der Waals surface area (Å²) in [6.07, 6.45) is 0. The minimum absolute atomic E-state index is 0.154. The van der Waals surface area contributed by atoms with E-state index in [0.717, 1.165) is 0 Å². The monoisotopic (exact) mass is 203 g/mol. The highest BCUT2D eigenvalue weighted by Crippen LogP contribution is 2.21. The molecular weight excluding hydrogens is 186 g/mol. The maximum Gasteiger partial charge on any atom is 0.318 e. The molecule has 0 aliphatic rings. The van der Waals surface area contributed by atoms with Crippen molar-refractivity contribution in [3.05, 3.63) is 0 Å². The van der Waals surface area contributed by atoms with Crippen molar-refractivity contribution in [1.82, 2.24) is 0 Å². The van der Waals surface area contributed by atoms with Crippen LogP contribution in [-0.4, -0.2) is 16.6 Å². The second-order valence-corrected chi connectivity index (χ2v) is 4.93. The zero-order valence-corrected chi connectivity index (χ0v) is 9.62. The Hall–Kier alpha value is -0.640. The Balaban J connectivity index is 4.53. The van der Waals surface area contributed by atoms with Gasteiger partial charge in [-0.05, 0) is 34.6 Å². The molecule has 13 heavy (non-hydrogen) atoms. The molecule has 0 fully saturated rings. The number of rotatable bonds is 2. The largest absolute Gasteiger partial charge is 0.459 e. The lowest BCUT2D eigenvalue weighted by molar-refractivity contribution is -0.161. The topological polar surface area (TPSA) is 52.3 Å². The second kappa shape index (κ2) is 3.62. The average Bonchev–Trinajstić information content (AvgIpc) is 1.82. The van der Waals surface area contributed by atoms with E-state index in [2.05, 4.69) is 0 Å². The van der Waals surface area contributed by atoms with Gasteiger partial charge in [0.05, 0.1) is 4.99 Å². The number of carbonyl (C=O) groups is 1. The molecule has 0 aliphatic heterocycles. The minimum Gasteiger partial charge on any atom is -0.459 e. The second-order valence-electron chi connectivity index (χ2n) is 4.49. The number of nitrogens with two attached hydrogens (primary N) is 1. The molecular formula is C9H17NO2S. The molecule has 0 saturated carbocycles. The van der Waals surface area contributed by atoms with E-state index in [0.29, 0.717) is 0 Å². The van der Waals surface area contributed by atoms with Crippen molar-refractivity contribution in [2.75, 3.05) is 0 Å². The number of ether oxygens (including phenoxy) is 1. The van der Waals surface area contributed by atoms with Gasteiger partial charge in [-0.25, -0.2) is 0 Å². The number of thiocarbonyl (C=S) groups is 1. The highest BCUT2D eigenvalue weighted by Gasteiger charge is 2.35. The van der Waals surface area contributed by atoms with Crippen LogP contribution in [-0.2, 0) is 9.53 Å². The van der Waals surface area contributed by atoms with Crippen LogP contribution in [0.3, 0.4) is 0 Å². The first-order chi connectivity index (χ1) is 5.57. The maximum absolute atomic E-state index is 11.5. The third-order valence-corrected chi connectivity index (χ3v) is 2.04. The Morgan fingerprint density at radius 1 is 1.23 bits per heavy atom. The Bertz CT molecular complexity index is 228. The zero-order chi connectivity index (χ0) is 10.9. The van der Waals surface area contributed by atoms with Gasteiger partial charge in [0.25, 0.3) is 0 Å². The fraction of sp³-hybridized carbons (Fsp3) is 0.778. The predicted octanol–water partition coefficient (Wildman–Crippen LogP) is 1.64. The van der Waals surface area contributed by atoms with Gasteiger partial charge in [0.15, 0.2) is 0 Å². The van der Waals surface area contributed by atoms with Gasteiger partial charge in [0, 0.05) is 0 Å². The molecule has 2 N–H and O–H groups in total. The Kier molecular flexibility index (Phi) is 3.44. The summed E-state index contributed by atoms with van der Waals surface area (Å²) in [6, 6.07) is 0. The summed E-state index contributed by atoms with van der Waals surface area (Å²) in [4.78, 5) is 11.7. The Morgan fingerprint density at radius 2 is 1.62 bits per heavy atom. The number of hydrogen-bond acceptors (Lipinski definition) is 3. The highest BCUT2D eigenvalue weighted by molar-refractivity contribution is 7.80. The minimum atomic E-state index is -0.886. The average molecular weight is 203 g/mol. The van der Waals surface area contributed by atoms with E-state index in [4.69, 9.17) is 22.7 Å². The van der Waals surface area contributed by atoms with Crippen LogP contribution in [0.25, 0.3) is 0 Å². The fourth-order valence-corrected chi connectivity index (χ4v) is 0.590. The summed E-state index contributed by atoms with van der Waals surface area (Å²) in [5.74, 6) is -0.382. The standard InChI is InChI=1S/C9H17NO2S/c1-8(2,3)12-7(11)9(4,5)6(10)13/h1-5H3,(H2,10,13). The van der Waals surface area contributed by atoms with E-state index >= 15 is 0 Å². The molecule has 0 aliphatic carbocycles. The summed E-state index contributed by atoms with van der Waals surface area (Å²) >= 11 is 4.77. The molecule has 3 nitrogen and oxygen atoms in total. The van der Waals surface area contributed by atoms with Crippen LogP contribution in [0.15, 0.2) is 0 Å². The van der Waals surface area contributed by atoms with E-state index < -0.39 is 11.0 Å². The fourth-order valence-electron chi connectivity index (χ4n) is 0.506. The van der Waals surface area contributed by atoms with Gasteiger partial charge in [-0.15, -0.1) is 0 Å². The van der Waals surface area contributed by atoms with Gasteiger partial charge in [-0.3, -0.25) is 4.79 Å².